The lowest BCUT2D eigenvalue weighted by Crippen LogP contribution is -2.50. The molecule has 3 fully saturated rings. The number of aliphatic hydroxyl groups is 1. The third-order valence-electron chi connectivity index (χ3n) is 7.54. The highest BCUT2D eigenvalue weighted by Crippen LogP contribution is 2.29. The topological polar surface area (TPSA) is 124 Å². The molecular formula is C30H46N2O8. The zero-order valence-corrected chi connectivity index (χ0v) is 24.6. The summed E-state index contributed by atoms with van der Waals surface area (Å²) in [6, 6.07) is -0.134. The van der Waals surface area contributed by atoms with Crippen LogP contribution in [-0.2, 0) is 28.5 Å². The molecule has 0 saturated carbocycles. The molecule has 0 radical (unpaired) electrons. The molecule has 10 heteroatoms. The van der Waals surface area contributed by atoms with Crippen LogP contribution in [0.1, 0.15) is 60.8 Å². The van der Waals surface area contributed by atoms with E-state index in [4.69, 9.17) is 18.9 Å². The lowest BCUT2D eigenvalue weighted by atomic mass is 9.88. The van der Waals surface area contributed by atoms with Crippen LogP contribution in [0.25, 0.3) is 0 Å². The molecular weight excluding hydrogens is 516 g/mol. The van der Waals surface area contributed by atoms with Gasteiger partial charge in [0.25, 0.3) is 0 Å². The largest absolute Gasteiger partial charge is 0.442 e. The molecule has 0 aromatic carbocycles. The third kappa shape index (κ3) is 9.54. The zero-order chi connectivity index (χ0) is 29.4. The minimum Gasteiger partial charge on any atom is -0.442 e. The summed E-state index contributed by atoms with van der Waals surface area (Å²) in [4.78, 5) is 38.4. The van der Waals surface area contributed by atoms with Crippen LogP contribution < -0.4 is 5.32 Å². The average molecular weight is 563 g/mol. The Morgan fingerprint density at radius 2 is 1.93 bits per heavy atom. The van der Waals surface area contributed by atoms with E-state index in [0.29, 0.717) is 32.7 Å². The fraction of sp³-hybridized carbons (Fsp3) is 0.700. The van der Waals surface area contributed by atoms with Gasteiger partial charge in [0, 0.05) is 25.6 Å². The molecule has 3 rings (SSSR count). The molecule has 0 spiro atoms. The number of carbonyl (C=O) groups is 3. The monoisotopic (exact) mass is 562 g/mol. The van der Waals surface area contributed by atoms with E-state index in [1.54, 1.807) is 24.0 Å². The Morgan fingerprint density at radius 1 is 1.23 bits per heavy atom. The van der Waals surface area contributed by atoms with Crippen molar-refractivity contribution in [3.8, 4) is 0 Å². The highest BCUT2D eigenvalue weighted by atomic mass is 16.6. The number of nitrogens with zero attached hydrogens (tertiary/aromatic N) is 1. The molecule has 0 aromatic heterocycles. The highest BCUT2D eigenvalue weighted by molar-refractivity contribution is 5.88. The molecule has 0 bridgehead atoms. The molecule has 7 atom stereocenters. The number of ether oxygens (including phenoxy) is 4. The third-order valence-corrected chi connectivity index (χ3v) is 7.54. The van der Waals surface area contributed by atoms with Gasteiger partial charge in [-0.05, 0) is 59.5 Å². The molecule has 40 heavy (non-hydrogen) atoms. The van der Waals surface area contributed by atoms with Crippen molar-refractivity contribution in [1.29, 1.82) is 0 Å². The Balaban J connectivity index is 1.44. The quantitative estimate of drug-likeness (QED) is 0.342. The fourth-order valence-corrected chi connectivity index (χ4v) is 5.13. The lowest BCUT2D eigenvalue weighted by Gasteiger charge is -2.39. The van der Waals surface area contributed by atoms with Gasteiger partial charge in [0.2, 0.25) is 5.91 Å². The number of carbonyl (C=O) groups excluding carboxylic acids is 3. The highest BCUT2D eigenvalue weighted by Gasteiger charge is 2.39. The van der Waals surface area contributed by atoms with Crippen molar-refractivity contribution in [2.24, 2.45) is 5.92 Å². The van der Waals surface area contributed by atoms with Crippen molar-refractivity contribution < 1.29 is 38.4 Å². The second-order valence-corrected chi connectivity index (χ2v) is 11.7. The maximum absolute atomic E-state index is 12.6. The summed E-state index contributed by atoms with van der Waals surface area (Å²) in [5.41, 5.74) is 0.388. The van der Waals surface area contributed by atoms with E-state index in [2.05, 4.69) is 18.3 Å². The SMILES string of the molecule is CC(/C=C/[C@H]1OC(C)(C)CC(=O)[C@@H]1O)=C\C[C@@H]1O[C@H](C)[C@H](NC(=O)/C=C\[C@H](C)OC(=O)N2CCOCC2)C[C@@H]1C. The molecule has 3 heterocycles. The van der Waals surface area contributed by atoms with Gasteiger partial charge < -0.3 is 34.3 Å². The minimum absolute atomic E-state index is 0.00121. The predicted molar refractivity (Wildman–Crippen MR) is 150 cm³/mol. The second kappa shape index (κ2) is 14.4. The number of hydrogen-bond acceptors (Lipinski definition) is 8. The van der Waals surface area contributed by atoms with E-state index < -0.39 is 30.0 Å². The van der Waals surface area contributed by atoms with Crippen molar-refractivity contribution in [3.05, 3.63) is 36.0 Å². The molecule has 2 N–H and O–H groups in total. The van der Waals surface area contributed by atoms with Gasteiger partial charge in [0.05, 0.1) is 37.1 Å². The van der Waals surface area contributed by atoms with Gasteiger partial charge in [0.15, 0.2) is 5.78 Å². The first-order valence-corrected chi connectivity index (χ1v) is 14.3. The van der Waals surface area contributed by atoms with Gasteiger partial charge in [-0.1, -0.05) is 30.7 Å². The Kier molecular flexibility index (Phi) is 11.5. The van der Waals surface area contributed by atoms with Crippen molar-refractivity contribution in [2.45, 2.75) is 103 Å². The number of allylic oxidation sites excluding steroid dienone is 2. The number of aliphatic hydroxyl groups excluding tert-OH is 1. The number of morpholine rings is 1. The van der Waals surface area contributed by atoms with Crippen molar-refractivity contribution in [3.63, 3.8) is 0 Å². The van der Waals surface area contributed by atoms with Gasteiger partial charge in [-0.25, -0.2) is 4.79 Å². The normalized spacial score (nSPS) is 32.3. The number of amides is 2. The van der Waals surface area contributed by atoms with E-state index in [9.17, 15) is 19.5 Å². The first kappa shape index (κ1) is 32.0. The van der Waals surface area contributed by atoms with E-state index in [0.717, 1.165) is 12.0 Å². The Hall–Kier alpha value is -2.53. The van der Waals surface area contributed by atoms with Crippen LogP contribution >= 0.6 is 0 Å². The Bertz CT molecular complexity index is 984. The summed E-state index contributed by atoms with van der Waals surface area (Å²) in [6.07, 6.45) is 7.42. The standard InChI is InChI=1S/C30H46N2O8/c1-19(8-11-26-28(35)24(33)18-30(5,6)40-26)7-10-25-20(2)17-23(22(4)39-25)31-27(34)12-9-21(3)38-29(36)32-13-15-37-16-14-32/h7-9,11-12,20-23,25-26,28,35H,10,13-18H2,1-6H3,(H,31,34)/b11-8+,12-9-,19-7+/t20-,21-,22+,23+,25-,26+,28-/m0/s1. The van der Waals surface area contributed by atoms with Gasteiger partial charge in [-0.2, -0.15) is 0 Å². The van der Waals surface area contributed by atoms with Crippen LogP contribution in [0.4, 0.5) is 4.79 Å². The molecule has 3 saturated heterocycles. The number of nitrogens with one attached hydrogen (secondary N) is 1. The molecule has 0 unspecified atom stereocenters. The van der Waals surface area contributed by atoms with Gasteiger partial charge in [-0.3, -0.25) is 9.59 Å². The fourth-order valence-electron chi connectivity index (χ4n) is 5.13. The van der Waals surface area contributed by atoms with Crippen LogP contribution in [0.2, 0.25) is 0 Å². The van der Waals surface area contributed by atoms with Crippen molar-refractivity contribution in [1.82, 2.24) is 10.2 Å². The van der Waals surface area contributed by atoms with Crippen LogP contribution in [0.5, 0.6) is 0 Å². The van der Waals surface area contributed by atoms with Gasteiger partial charge >= 0.3 is 6.09 Å². The molecule has 0 aliphatic carbocycles. The van der Waals surface area contributed by atoms with Gasteiger partial charge in [0.1, 0.15) is 18.3 Å². The summed E-state index contributed by atoms with van der Waals surface area (Å²) in [5, 5.41) is 13.2. The number of Topliss-reactive ketones (excluding diaryl/α,β-unsaturated/α-hetero) is 1. The molecule has 10 nitrogen and oxygen atoms in total. The van der Waals surface area contributed by atoms with Crippen LogP contribution in [-0.4, -0.2) is 96.3 Å². The number of hydrogen-bond donors (Lipinski definition) is 2. The molecule has 3 aliphatic heterocycles. The smallest absolute Gasteiger partial charge is 0.410 e. The summed E-state index contributed by atoms with van der Waals surface area (Å²) in [5.74, 6) is -0.242. The van der Waals surface area contributed by atoms with Crippen molar-refractivity contribution in [2.75, 3.05) is 26.3 Å². The molecule has 224 valence electrons. The lowest BCUT2D eigenvalue weighted by molar-refractivity contribution is -0.165. The summed E-state index contributed by atoms with van der Waals surface area (Å²) in [7, 11) is 0. The summed E-state index contributed by atoms with van der Waals surface area (Å²) in [6.45, 7) is 13.4. The van der Waals surface area contributed by atoms with E-state index in [1.807, 2.05) is 33.8 Å². The Morgan fingerprint density at radius 3 is 2.62 bits per heavy atom. The summed E-state index contributed by atoms with van der Waals surface area (Å²) < 4.78 is 22.8. The predicted octanol–water partition coefficient (Wildman–Crippen LogP) is 3.09. The van der Waals surface area contributed by atoms with Crippen LogP contribution in [0.15, 0.2) is 36.0 Å². The maximum atomic E-state index is 12.6. The first-order chi connectivity index (χ1) is 18.8. The molecule has 3 aliphatic rings. The average Bonchev–Trinajstić information content (AvgIpc) is 2.90. The van der Waals surface area contributed by atoms with Gasteiger partial charge in [-0.15, -0.1) is 0 Å². The summed E-state index contributed by atoms with van der Waals surface area (Å²) >= 11 is 0. The molecule has 2 amide bonds. The van der Waals surface area contributed by atoms with E-state index in [-0.39, 0.29) is 42.3 Å². The van der Waals surface area contributed by atoms with E-state index in [1.165, 1.54) is 6.08 Å². The second-order valence-electron chi connectivity index (χ2n) is 11.7. The molecule has 0 aromatic rings. The number of rotatable bonds is 8. The van der Waals surface area contributed by atoms with Crippen LogP contribution in [0, 0.1) is 5.92 Å². The minimum atomic E-state index is -1.14. The zero-order valence-electron chi connectivity index (χ0n) is 24.6. The van der Waals surface area contributed by atoms with Crippen LogP contribution in [0.3, 0.4) is 0 Å². The number of ketones is 1. The Labute approximate surface area is 237 Å². The van der Waals surface area contributed by atoms with E-state index >= 15 is 0 Å². The van der Waals surface area contributed by atoms with Crippen molar-refractivity contribution >= 4 is 17.8 Å². The first-order valence-electron chi connectivity index (χ1n) is 14.3. The maximum Gasteiger partial charge on any atom is 0.410 e.